The van der Waals surface area contributed by atoms with Crippen molar-refractivity contribution in [3.05, 3.63) is 101 Å². The van der Waals surface area contributed by atoms with Crippen LogP contribution in [0.25, 0.3) is 0 Å². The summed E-state index contributed by atoms with van der Waals surface area (Å²) in [7, 11) is 0. The first-order valence-electron chi connectivity index (χ1n) is 11.1. The summed E-state index contributed by atoms with van der Waals surface area (Å²) < 4.78 is 27.0. The van der Waals surface area contributed by atoms with Crippen molar-refractivity contribution >= 4 is 51.7 Å². The highest BCUT2D eigenvalue weighted by atomic mass is 35.5. The highest BCUT2D eigenvalue weighted by molar-refractivity contribution is 8.15. The van der Waals surface area contributed by atoms with Crippen LogP contribution in [-0.2, 0) is 9.59 Å². The lowest BCUT2D eigenvalue weighted by molar-refractivity contribution is -0.121. The average molecular weight is 525 g/mol. The van der Waals surface area contributed by atoms with E-state index in [0.717, 1.165) is 22.9 Å². The molecule has 5 rings (SSSR count). The van der Waals surface area contributed by atoms with Gasteiger partial charge in [-0.3, -0.25) is 9.59 Å². The fourth-order valence-electron chi connectivity index (χ4n) is 4.00. The van der Waals surface area contributed by atoms with E-state index in [4.69, 9.17) is 16.7 Å². The lowest BCUT2D eigenvalue weighted by Gasteiger charge is -2.23. The largest absolute Gasteiger partial charge is 0.326 e. The number of hydrazone groups is 1. The highest BCUT2D eigenvalue weighted by Gasteiger charge is 2.39. The maximum absolute atomic E-state index is 13.6. The molecule has 6 nitrogen and oxygen atoms in total. The molecule has 2 heterocycles. The minimum atomic E-state index is -0.710. The van der Waals surface area contributed by atoms with Gasteiger partial charge in [0.2, 0.25) is 5.91 Å². The van der Waals surface area contributed by atoms with Gasteiger partial charge in [-0.25, -0.2) is 13.8 Å². The van der Waals surface area contributed by atoms with Gasteiger partial charge in [0.05, 0.1) is 11.8 Å². The van der Waals surface area contributed by atoms with Crippen LogP contribution in [0.4, 0.5) is 14.5 Å². The lowest BCUT2D eigenvalue weighted by atomic mass is 9.98. The van der Waals surface area contributed by atoms with E-state index in [-0.39, 0.29) is 30.0 Å². The molecule has 2 aliphatic rings. The summed E-state index contributed by atoms with van der Waals surface area (Å²) in [6.07, 6.45) is 0.373. The molecular formula is C26H19ClF2N4O2S. The van der Waals surface area contributed by atoms with E-state index in [0.29, 0.717) is 28.0 Å². The Labute approximate surface area is 215 Å². The molecule has 0 bridgehead atoms. The number of aliphatic imine (C=N–C) groups is 1. The number of anilines is 1. The summed E-state index contributed by atoms with van der Waals surface area (Å²) in [5.41, 5.74) is 2.74. The first-order chi connectivity index (χ1) is 17.4. The third kappa shape index (κ3) is 5.32. The van der Waals surface area contributed by atoms with Crippen molar-refractivity contribution in [2.75, 3.05) is 5.32 Å². The fraction of sp³-hybridized carbons (Fsp3) is 0.154. The van der Waals surface area contributed by atoms with Crippen LogP contribution in [0.1, 0.15) is 30.0 Å². The number of benzene rings is 3. The quantitative estimate of drug-likeness (QED) is 0.458. The zero-order chi connectivity index (χ0) is 25.2. The molecule has 2 amide bonds. The standard InChI is InChI=1S/C26H19ClF2N4O2S/c27-17-2-1-3-20(12-17)30-24(34)14-23-25(35)31-26(36-23)33-22(16-6-10-19(29)11-7-16)13-21(32-33)15-4-8-18(28)9-5-15/h1-12,22-23H,13-14H2,(H,30,34)/t22-,23-/m0/s1. The van der Waals surface area contributed by atoms with Crippen LogP contribution >= 0.6 is 23.4 Å². The van der Waals surface area contributed by atoms with Gasteiger partial charge in [0.1, 0.15) is 16.9 Å². The van der Waals surface area contributed by atoms with Gasteiger partial charge >= 0.3 is 0 Å². The summed E-state index contributed by atoms with van der Waals surface area (Å²) in [5.74, 6) is -1.49. The molecule has 2 aliphatic heterocycles. The average Bonchev–Trinajstić information content (AvgIpc) is 3.44. The Kier molecular flexibility index (Phi) is 6.84. The van der Waals surface area contributed by atoms with Gasteiger partial charge in [0.15, 0.2) is 5.17 Å². The van der Waals surface area contributed by atoms with Gasteiger partial charge in [-0.1, -0.05) is 53.7 Å². The highest BCUT2D eigenvalue weighted by Crippen LogP contribution is 2.38. The fourth-order valence-corrected chi connectivity index (χ4v) is 5.25. The second kappa shape index (κ2) is 10.2. The van der Waals surface area contributed by atoms with E-state index in [2.05, 4.69) is 10.3 Å². The monoisotopic (exact) mass is 524 g/mol. The Balaban J connectivity index is 1.35. The van der Waals surface area contributed by atoms with Crippen LogP contribution in [0.5, 0.6) is 0 Å². The molecule has 0 spiro atoms. The molecule has 3 aromatic carbocycles. The topological polar surface area (TPSA) is 74.1 Å². The van der Waals surface area contributed by atoms with Gasteiger partial charge in [0, 0.05) is 23.6 Å². The number of hydrogen-bond donors (Lipinski definition) is 1. The second-order valence-corrected chi connectivity index (χ2v) is 9.88. The second-order valence-electron chi connectivity index (χ2n) is 8.27. The summed E-state index contributed by atoms with van der Waals surface area (Å²) in [6.45, 7) is 0. The molecule has 0 radical (unpaired) electrons. The number of rotatable bonds is 5. The van der Waals surface area contributed by atoms with Gasteiger partial charge in [-0.2, -0.15) is 10.1 Å². The number of carbonyl (C=O) groups is 2. The number of thioether (sulfide) groups is 1. The predicted octanol–water partition coefficient (Wildman–Crippen LogP) is 5.80. The van der Waals surface area contributed by atoms with Crippen LogP contribution in [0, 0.1) is 11.6 Å². The van der Waals surface area contributed by atoms with Crippen LogP contribution < -0.4 is 5.32 Å². The number of amides is 2. The van der Waals surface area contributed by atoms with Gasteiger partial charge in [0.25, 0.3) is 5.91 Å². The molecule has 0 saturated carbocycles. The Hall–Kier alpha value is -3.56. The molecule has 3 aromatic rings. The zero-order valence-corrected chi connectivity index (χ0v) is 20.3. The van der Waals surface area contributed by atoms with Crippen molar-refractivity contribution in [1.82, 2.24) is 5.01 Å². The Morgan fingerprint density at radius 3 is 2.44 bits per heavy atom. The third-order valence-corrected chi connectivity index (χ3v) is 7.12. The Morgan fingerprint density at radius 1 is 1.06 bits per heavy atom. The van der Waals surface area contributed by atoms with Crippen molar-refractivity contribution in [2.24, 2.45) is 10.1 Å². The molecule has 1 N–H and O–H groups in total. The number of hydrogen-bond acceptors (Lipinski definition) is 5. The Bertz CT molecular complexity index is 1380. The van der Waals surface area contributed by atoms with Crippen LogP contribution in [-0.4, -0.2) is 33.0 Å². The van der Waals surface area contributed by atoms with Crippen molar-refractivity contribution in [1.29, 1.82) is 0 Å². The van der Waals surface area contributed by atoms with Crippen molar-refractivity contribution in [3.8, 4) is 0 Å². The normalized spacial score (nSPS) is 19.3. The van der Waals surface area contributed by atoms with Crippen LogP contribution in [0.2, 0.25) is 5.02 Å². The molecule has 0 saturated heterocycles. The molecule has 182 valence electrons. The third-order valence-electron chi connectivity index (χ3n) is 5.75. The van der Waals surface area contributed by atoms with Crippen LogP contribution in [0.15, 0.2) is 82.9 Å². The summed E-state index contributed by atoms with van der Waals surface area (Å²) in [5, 5.41) is 9.19. The maximum atomic E-state index is 13.6. The molecule has 0 fully saturated rings. The van der Waals surface area contributed by atoms with Gasteiger partial charge in [-0.05, 0) is 53.6 Å². The smallest absolute Gasteiger partial charge is 0.262 e. The van der Waals surface area contributed by atoms with Crippen molar-refractivity contribution < 1.29 is 18.4 Å². The van der Waals surface area contributed by atoms with Crippen molar-refractivity contribution in [2.45, 2.75) is 24.1 Å². The number of nitrogens with zero attached hydrogens (tertiary/aromatic N) is 3. The maximum Gasteiger partial charge on any atom is 0.262 e. The van der Waals surface area contributed by atoms with Gasteiger partial charge < -0.3 is 5.32 Å². The molecule has 0 aliphatic carbocycles. The van der Waals surface area contributed by atoms with E-state index in [1.807, 2.05) is 0 Å². The molecule has 0 unspecified atom stereocenters. The summed E-state index contributed by atoms with van der Waals surface area (Å²) >= 11 is 7.12. The predicted molar refractivity (Wildman–Crippen MR) is 137 cm³/mol. The first-order valence-corrected chi connectivity index (χ1v) is 12.3. The molecular weight excluding hydrogens is 506 g/mol. The first kappa shape index (κ1) is 24.1. The molecule has 36 heavy (non-hydrogen) atoms. The minimum absolute atomic E-state index is 0.0768. The minimum Gasteiger partial charge on any atom is -0.326 e. The van der Waals surface area contributed by atoms with Crippen molar-refractivity contribution in [3.63, 3.8) is 0 Å². The number of halogens is 3. The van der Waals surface area contributed by atoms with E-state index in [1.54, 1.807) is 53.5 Å². The number of carbonyl (C=O) groups excluding carboxylic acids is 2. The SMILES string of the molecule is O=C(C[C@@H]1SC(N2N=C(c3ccc(F)cc3)C[C@H]2c2ccc(F)cc2)=NC1=O)Nc1cccc(Cl)c1. The van der Waals surface area contributed by atoms with E-state index >= 15 is 0 Å². The molecule has 2 atom stereocenters. The van der Waals surface area contributed by atoms with Crippen LogP contribution in [0.3, 0.4) is 0 Å². The van der Waals surface area contributed by atoms with E-state index in [1.165, 1.54) is 24.3 Å². The van der Waals surface area contributed by atoms with E-state index in [9.17, 15) is 18.4 Å². The molecule has 10 heteroatoms. The van der Waals surface area contributed by atoms with E-state index < -0.39 is 11.2 Å². The Morgan fingerprint density at radius 2 is 1.75 bits per heavy atom. The van der Waals surface area contributed by atoms with Gasteiger partial charge in [-0.15, -0.1) is 0 Å². The number of nitrogens with one attached hydrogen (secondary N) is 1. The summed E-state index contributed by atoms with van der Waals surface area (Å²) in [4.78, 5) is 29.4. The molecule has 0 aromatic heterocycles. The lowest BCUT2D eigenvalue weighted by Crippen LogP contribution is -2.25. The summed E-state index contributed by atoms with van der Waals surface area (Å²) in [6, 6.07) is 18.4. The number of amidine groups is 1. The zero-order valence-electron chi connectivity index (χ0n) is 18.7.